The number of allylic oxidation sites excluding steroid dienone is 1. The van der Waals surface area contributed by atoms with E-state index in [4.69, 9.17) is 30.8 Å². The van der Waals surface area contributed by atoms with E-state index in [1.807, 2.05) is 170 Å². The molecule has 1 aliphatic carbocycles. The SMILES string of the molecule is N=C1C=Cc2c(-c3ccccc3)nc3cc(-c4nc(-c5ccccc5)nc(-c5ccc([P+](O)(c6ccccc6)c6ccccc6)cc5)n4)ccc3c2C1=N. The number of pyridine rings is 1. The topological polar surface area (TPSA) is 119 Å². The van der Waals surface area contributed by atoms with Crippen molar-refractivity contribution >= 4 is 51.8 Å². The quantitative estimate of drug-likeness (QED) is 0.143. The lowest BCUT2D eigenvalue weighted by Gasteiger charge is -2.20. The van der Waals surface area contributed by atoms with E-state index >= 15 is 0 Å². The Labute approximate surface area is 312 Å². The molecule has 54 heavy (non-hydrogen) atoms. The van der Waals surface area contributed by atoms with Gasteiger partial charge in [-0.25, -0.2) is 24.8 Å². The van der Waals surface area contributed by atoms with Gasteiger partial charge in [0.15, 0.2) is 17.5 Å². The zero-order chi connectivity index (χ0) is 36.6. The maximum atomic E-state index is 12.5. The van der Waals surface area contributed by atoms with Crippen LogP contribution < -0.4 is 15.9 Å². The highest BCUT2D eigenvalue weighted by Crippen LogP contribution is 2.51. The van der Waals surface area contributed by atoms with E-state index in [1.165, 1.54) is 0 Å². The van der Waals surface area contributed by atoms with Gasteiger partial charge in [-0.3, -0.25) is 10.8 Å². The first-order valence-electron chi connectivity index (χ1n) is 17.5. The predicted octanol–water partition coefficient (Wildman–Crippen LogP) is 8.70. The van der Waals surface area contributed by atoms with Gasteiger partial charge in [0.1, 0.15) is 15.9 Å². The van der Waals surface area contributed by atoms with Gasteiger partial charge in [0, 0.05) is 38.8 Å². The number of rotatable bonds is 7. The monoisotopic (exact) mass is 715 g/mol. The number of nitrogens with zero attached hydrogens (tertiary/aromatic N) is 4. The second-order valence-electron chi connectivity index (χ2n) is 13.0. The van der Waals surface area contributed by atoms with Crippen LogP contribution in [0.2, 0.25) is 0 Å². The molecule has 1 aliphatic rings. The van der Waals surface area contributed by atoms with Crippen LogP contribution in [0.3, 0.4) is 0 Å². The average molecular weight is 716 g/mol. The molecule has 2 aromatic heterocycles. The number of fused-ring (bicyclic) bond motifs is 3. The molecule has 0 fully saturated rings. The van der Waals surface area contributed by atoms with Gasteiger partial charge in [0.25, 0.3) is 0 Å². The molecule has 9 rings (SSSR count). The van der Waals surface area contributed by atoms with Crippen molar-refractivity contribution in [3.63, 3.8) is 0 Å². The highest BCUT2D eigenvalue weighted by Gasteiger charge is 2.44. The summed E-state index contributed by atoms with van der Waals surface area (Å²) in [4.78, 5) is 32.6. The lowest BCUT2D eigenvalue weighted by molar-refractivity contribution is 0.633. The highest BCUT2D eigenvalue weighted by atomic mass is 31.2. The Balaban J connectivity index is 1.19. The van der Waals surface area contributed by atoms with Crippen LogP contribution in [0.25, 0.3) is 62.4 Å². The van der Waals surface area contributed by atoms with Crippen LogP contribution in [-0.2, 0) is 0 Å². The Morgan fingerprint density at radius 2 is 0.907 bits per heavy atom. The van der Waals surface area contributed by atoms with Crippen molar-refractivity contribution in [1.29, 1.82) is 10.8 Å². The van der Waals surface area contributed by atoms with Gasteiger partial charge in [-0.1, -0.05) is 109 Å². The van der Waals surface area contributed by atoms with Gasteiger partial charge in [0.2, 0.25) is 7.49 Å². The Kier molecular flexibility index (Phi) is 8.35. The fourth-order valence-electron chi connectivity index (χ4n) is 6.96. The van der Waals surface area contributed by atoms with Gasteiger partial charge in [0.05, 0.1) is 22.6 Å². The van der Waals surface area contributed by atoms with Crippen molar-refractivity contribution in [2.24, 2.45) is 0 Å². The summed E-state index contributed by atoms with van der Waals surface area (Å²) in [6.07, 6.45) is 3.55. The van der Waals surface area contributed by atoms with Crippen LogP contribution in [0.15, 0.2) is 170 Å². The van der Waals surface area contributed by atoms with Crippen LogP contribution in [0.5, 0.6) is 0 Å². The van der Waals surface area contributed by atoms with E-state index < -0.39 is 7.49 Å². The fourth-order valence-corrected chi connectivity index (χ4v) is 9.64. The molecule has 2 heterocycles. The van der Waals surface area contributed by atoms with E-state index in [9.17, 15) is 4.89 Å². The van der Waals surface area contributed by atoms with E-state index in [2.05, 4.69) is 0 Å². The Bertz CT molecular complexity index is 2700. The third kappa shape index (κ3) is 5.82. The minimum Gasteiger partial charge on any atom is -0.299 e. The van der Waals surface area contributed by atoms with Crippen LogP contribution >= 0.6 is 7.49 Å². The van der Waals surface area contributed by atoms with E-state index in [0.717, 1.165) is 54.8 Å². The maximum Gasteiger partial charge on any atom is 0.238 e. The van der Waals surface area contributed by atoms with Crippen molar-refractivity contribution in [3.8, 4) is 45.4 Å². The zero-order valence-electron chi connectivity index (χ0n) is 28.9. The lowest BCUT2D eigenvalue weighted by Crippen LogP contribution is -2.30. The molecule has 7 nitrogen and oxygen atoms in total. The summed E-state index contributed by atoms with van der Waals surface area (Å²) < 4.78 is 0. The Hall–Kier alpha value is -6.79. The van der Waals surface area contributed by atoms with Crippen molar-refractivity contribution < 1.29 is 4.89 Å². The molecule has 0 aliphatic heterocycles. The molecule has 0 spiro atoms. The first-order valence-corrected chi connectivity index (χ1v) is 19.3. The van der Waals surface area contributed by atoms with Crippen LogP contribution in [0.1, 0.15) is 11.1 Å². The summed E-state index contributed by atoms with van der Waals surface area (Å²) >= 11 is 0. The third-order valence-electron chi connectivity index (χ3n) is 9.69. The summed E-state index contributed by atoms with van der Waals surface area (Å²) in [6.45, 7) is 0. The molecule has 256 valence electrons. The van der Waals surface area contributed by atoms with Gasteiger partial charge in [-0.15, -0.1) is 0 Å². The summed E-state index contributed by atoms with van der Waals surface area (Å²) in [5.41, 5.74) is 6.57. The van der Waals surface area contributed by atoms with E-state index in [1.54, 1.807) is 6.08 Å². The average Bonchev–Trinajstić information content (AvgIpc) is 3.25. The van der Waals surface area contributed by atoms with Gasteiger partial charge >= 0.3 is 0 Å². The number of nitrogens with one attached hydrogen (secondary N) is 2. The van der Waals surface area contributed by atoms with Crippen molar-refractivity contribution in [1.82, 2.24) is 19.9 Å². The molecule has 8 heteroatoms. The summed E-state index contributed by atoms with van der Waals surface area (Å²) in [6, 6.07) is 53.2. The molecule has 6 aromatic carbocycles. The van der Waals surface area contributed by atoms with E-state index in [0.29, 0.717) is 28.6 Å². The molecule has 0 amide bonds. The van der Waals surface area contributed by atoms with Gasteiger partial charge in [-0.2, -0.15) is 0 Å². The second kappa shape index (κ2) is 13.6. The molecule has 0 atom stereocenters. The van der Waals surface area contributed by atoms with Crippen molar-refractivity contribution in [3.05, 3.63) is 181 Å². The standard InChI is InChI=1S/C46H32N6OP/c47-39-28-27-38-41(42(39)48)37-26-23-33(29-40(37)49-43(38)30-13-5-1-6-14-30)46-51-44(31-15-7-2-8-16-31)50-45(52-46)32-21-24-36(25-22-32)54(53,34-17-9-3-10-18-34)35-19-11-4-12-20-35/h1-29,47-48,53H/q+1. The molecule has 0 unspecified atom stereocenters. The smallest absolute Gasteiger partial charge is 0.238 e. The molecule has 0 saturated carbocycles. The van der Waals surface area contributed by atoms with Gasteiger partial charge < -0.3 is 0 Å². The van der Waals surface area contributed by atoms with Gasteiger partial charge in [-0.05, 0) is 66.7 Å². The minimum absolute atomic E-state index is 0.159. The largest absolute Gasteiger partial charge is 0.299 e. The Morgan fingerprint density at radius 3 is 1.48 bits per heavy atom. The molecule has 0 saturated heterocycles. The molecular weight excluding hydrogens is 684 g/mol. The number of benzene rings is 6. The molecule has 0 radical (unpaired) electrons. The maximum absolute atomic E-state index is 12.5. The van der Waals surface area contributed by atoms with Crippen molar-refractivity contribution in [2.75, 3.05) is 0 Å². The number of hydrogen-bond donors (Lipinski definition) is 3. The highest BCUT2D eigenvalue weighted by molar-refractivity contribution is 7.91. The number of aromatic nitrogens is 4. The minimum atomic E-state index is -2.91. The lowest BCUT2D eigenvalue weighted by atomic mass is 9.88. The Morgan fingerprint density at radius 1 is 0.444 bits per heavy atom. The third-order valence-corrected chi connectivity index (χ3v) is 12.8. The number of hydrogen-bond acceptors (Lipinski definition) is 7. The molecule has 3 N–H and O–H groups in total. The first kappa shape index (κ1) is 33.1. The first-order chi connectivity index (χ1) is 26.5. The predicted molar refractivity (Wildman–Crippen MR) is 221 cm³/mol. The summed E-state index contributed by atoms with van der Waals surface area (Å²) in [7, 11) is -2.91. The van der Waals surface area contributed by atoms with Crippen LogP contribution in [-0.4, -0.2) is 36.3 Å². The van der Waals surface area contributed by atoms with Crippen molar-refractivity contribution in [2.45, 2.75) is 0 Å². The normalized spacial score (nSPS) is 12.5. The summed E-state index contributed by atoms with van der Waals surface area (Å²) in [5, 5.41) is 20.7. The summed E-state index contributed by atoms with van der Waals surface area (Å²) in [5.74, 6) is 1.50. The second-order valence-corrected chi connectivity index (χ2v) is 15.8. The molecular formula is C46H32N6OP+. The van der Waals surface area contributed by atoms with E-state index in [-0.39, 0.29) is 11.4 Å². The van der Waals surface area contributed by atoms with Crippen LogP contribution in [0, 0.1) is 10.8 Å². The zero-order valence-corrected chi connectivity index (χ0v) is 29.8. The molecule has 8 aromatic rings. The molecule has 0 bridgehead atoms. The fraction of sp³-hybridized carbons (Fsp3) is 0. The van der Waals surface area contributed by atoms with Crippen LogP contribution in [0.4, 0.5) is 0 Å².